The number of Topliss-reactive ketones (excluding diaryl/α,β-unsaturated/α-hetero) is 1. The van der Waals surface area contributed by atoms with Gasteiger partial charge in [-0.1, -0.05) is 12.1 Å². The van der Waals surface area contributed by atoms with Crippen molar-refractivity contribution < 1.29 is 28.7 Å². The Bertz CT molecular complexity index is 922. The van der Waals surface area contributed by atoms with Crippen molar-refractivity contribution in [2.24, 2.45) is 29.6 Å². The Morgan fingerprint density at radius 3 is 2.25 bits per heavy atom. The Morgan fingerprint density at radius 2 is 1.62 bits per heavy atom. The maximum atomic E-state index is 13.0. The molecule has 1 saturated heterocycles. The van der Waals surface area contributed by atoms with E-state index in [4.69, 9.17) is 9.47 Å². The third kappa shape index (κ3) is 3.51. The number of esters is 1. The molecule has 0 spiro atoms. The molecule has 1 aliphatic heterocycles. The highest BCUT2D eigenvalue weighted by molar-refractivity contribution is 6.06. The van der Waals surface area contributed by atoms with Crippen LogP contribution in [0, 0.1) is 29.6 Å². The van der Waals surface area contributed by atoms with Gasteiger partial charge in [-0.3, -0.25) is 24.1 Å². The number of methoxy groups -OCH3 is 1. The van der Waals surface area contributed by atoms with Crippen LogP contribution in [0.2, 0.25) is 0 Å². The van der Waals surface area contributed by atoms with Gasteiger partial charge in [0.15, 0.2) is 12.4 Å². The van der Waals surface area contributed by atoms with Gasteiger partial charge in [0.1, 0.15) is 5.75 Å². The molecule has 2 amide bonds. The number of rotatable bonds is 6. The van der Waals surface area contributed by atoms with Crippen LogP contribution in [0.1, 0.15) is 55.3 Å². The Labute approximate surface area is 187 Å². The lowest BCUT2D eigenvalue weighted by Crippen LogP contribution is -2.44. The number of hydrogen-bond acceptors (Lipinski definition) is 6. The van der Waals surface area contributed by atoms with E-state index in [1.165, 1.54) is 7.11 Å². The fourth-order valence-electron chi connectivity index (χ4n) is 6.50. The van der Waals surface area contributed by atoms with Gasteiger partial charge in [0.25, 0.3) is 0 Å². The van der Waals surface area contributed by atoms with Crippen LogP contribution in [0.3, 0.4) is 0 Å². The molecule has 2 bridgehead atoms. The number of ether oxygens (including phenoxy) is 2. The van der Waals surface area contributed by atoms with Gasteiger partial charge in [-0.2, -0.15) is 0 Å². The van der Waals surface area contributed by atoms with Crippen LogP contribution in [0.5, 0.6) is 5.75 Å². The second-order valence-electron chi connectivity index (χ2n) is 9.70. The van der Waals surface area contributed by atoms with Gasteiger partial charge in [0.2, 0.25) is 11.8 Å². The molecule has 4 atom stereocenters. The van der Waals surface area contributed by atoms with E-state index in [1.807, 2.05) is 0 Å². The number of amides is 2. The van der Waals surface area contributed by atoms with Crippen molar-refractivity contribution in [1.29, 1.82) is 0 Å². The van der Waals surface area contributed by atoms with Crippen LogP contribution in [0.4, 0.5) is 0 Å². The Morgan fingerprint density at radius 1 is 0.969 bits per heavy atom. The number of nitrogens with zero attached hydrogens (tertiary/aromatic N) is 1. The van der Waals surface area contributed by atoms with Crippen molar-refractivity contribution in [2.75, 3.05) is 13.7 Å². The minimum Gasteiger partial charge on any atom is -0.497 e. The molecule has 1 heterocycles. The van der Waals surface area contributed by atoms with Crippen molar-refractivity contribution >= 4 is 23.6 Å². The first kappa shape index (κ1) is 21.2. The summed E-state index contributed by atoms with van der Waals surface area (Å²) >= 11 is 0. The maximum Gasteiger partial charge on any atom is 0.309 e. The van der Waals surface area contributed by atoms with E-state index >= 15 is 0 Å². The number of carbonyl (C=O) groups is 4. The summed E-state index contributed by atoms with van der Waals surface area (Å²) in [6, 6.07) is 6.63. The molecule has 4 fully saturated rings. The molecule has 4 aliphatic rings. The smallest absolute Gasteiger partial charge is 0.309 e. The number of hydrogen-bond donors (Lipinski definition) is 0. The SMILES string of the molecule is COc1cccc(C(=O)COC(=O)C2CCC(N3C(=O)[C@H]4[C@H]5CC[C@@H](C5)[C@@H]4C3=O)CC2)c1. The molecule has 1 aromatic carbocycles. The monoisotopic (exact) mass is 439 g/mol. The third-order valence-electron chi connectivity index (χ3n) is 8.09. The van der Waals surface area contributed by atoms with Gasteiger partial charge >= 0.3 is 5.97 Å². The molecule has 5 rings (SSSR count). The minimum atomic E-state index is -0.381. The first-order valence-corrected chi connectivity index (χ1v) is 11.7. The number of imide groups is 1. The highest BCUT2D eigenvalue weighted by Gasteiger charge is 2.61. The zero-order chi connectivity index (χ0) is 22.4. The highest BCUT2D eigenvalue weighted by Crippen LogP contribution is 2.56. The average molecular weight is 440 g/mol. The summed E-state index contributed by atoms with van der Waals surface area (Å²) in [5.74, 6) is 0.271. The van der Waals surface area contributed by atoms with Crippen LogP contribution in [0.25, 0.3) is 0 Å². The molecule has 170 valence electrons. The zero-order valence-corrected chi connectivity index (χ0v) is 18.3. The number of ketones is 1. The van der Waals surface area contributed by atoms with E-state index in [0.717, 1.165) is 19.3 Å². The predicted molar refractivity (Wildman–Crippen MR) is 114 cm³/mol. The lowest BCUT2D eigenvalue weighted by atomic mass is 9.81. The highest BCUT2D eigenvalue weighted by atomic mass is 16.5. The Balaban J connectivity index is 1.13. The summed E-state index contributed by atoms with van der Waals surface area (Å²) < 4.78 is 10.4. The summed E-state index contributed by atoms with van der Waals surface area (Å²) in [5, 5.41) is 0. The van der Waals surface area contributed by atoms with Crippen LogP contribution in [-0.4, -0.2) is 48.2 Å². The molecule has 0 N–H and O–H groups in total. The lowest BCUT2D eigenvalue weighted by molar-refractivity contribution is -0.149. The standard InChI is InChI=1S/C25H29NO6/c1-31-19-4-2-3-15(12-19)20(27)13-32-25(30)14-7-9-18(10-8-14)26-23(28)21-16-5-6-17(11-16)22(21)24(26)29/h2-4,12,14,16-18,21-22H,5-11,13H2,1H3/t14?,16-,17-,18?,21-,22-/m0/s1. The average Bonchev–Trinajstić information content (AvgIpc) is 3.51. The van der Waals surface area contributed by atoms with E-state index in [2.05, 4.69) is 0 Å². The third-order valence-corrected chi connectivity index (χ3v) is 8.09. The summed E-state index contributed by atoms with van der Waals surface area (Å²) in [7, 11) is 1.53. The summed E-state index contributed by atoms with van der Waals surface area (Å²) in [4.78, 5) is 52.5. The summed E-state index contributed by atoms with van der Waals surface area (Å²) in [6.07, 6.45) is 5.56. The van der Waals surface area contributed by atoms with Crippen LogP contribution in [0.15, 0.2) is 24.3 Å². The second kappa shape index (κ2) is 8.34. The Hall–Kier alpha value is -2.70. The normalized spacial score (nSPS) is 33.3. The topological polar surface area (TPSA) is 90.0 Å². The molecule has 0 radical (unpaired) electrons. The van der Waals surface area contributed by atoms with Crippen LogP contribution < -0.4 is 4.74 Å². The molecule has 1 aromatic rings. The van der Waals surface area contributed by atoms with Gasteiger partial charge in [-0.05, 0) is 68.9 Å². The van der Waals surface area contributed by atoms with Crippen molar-refractivity contribution in [3.63, 3.8) is 0 Å². The molecule has 3 saturated carbocycles. The zero-order valence-electron chi connectivity index (χ0n) is 18.3. The van der Waals surface area contributed by atoms with Crippen molar-refractivity contribution in [3.05, 3.63) is 29.8 Å². The van der Waals surface area contributed by atoms with Crippen molar-refractivity contribution in [1.82, 2.24) is 4.90 Å². The van der Waals surface area contributed by atoms with Crippen LogP contribution in [-0.2, 0) is 19.1 Å². The van der Waals surface area contributed by atoms with Crippen LogP contribution >= 0.6 is 0 Å². The van der Waals surface area contributed by atoms with Gasteiger partial charge < -0.3 is 9.47 Å². The van der Waals surface area contributed by atoms with E-state index in [0.29, 0.717) is 48.8 Å². The minimum absolute atomic E-state index is 0.0297. The molecule has 32 heavy (non-hydrogen) atoms. The first-order valence-electron chi connectivity index (χ1n) is 11.7. The molecular formula is C25H29NO6. The summed E-state index contributed by atoms with van der Waals surface area (Å²) in [6.45, 7) is -0.304. The fraction of sp³-hybridized carbons (Fsp3) is 0.600. The number of fused-ring (bicyclic) bond motifs is 5. The van der Waals surface area contributed by atoms with Crippen molar-refractivity contribution in [2.45, 2.75) is 51.0 Å². The molecule has 7 heteroatoms. The lowest BCUT2D eigenvalue weighted by Gasteiger charge is -2.33. The van der Waals surface area contributed by atoms with Gasteiger partial charge in [-0.25, -0.2) is 0 Å². The van der Waals surface area contributed by atoms with E-state index in [-0.39, 0.29) is 54.0 Å². The van der Waals surface area contributed by atoms with Gasteiger partial charge in [0, 0.05) is 11.6 Å². The largest absolute Gasteiger partial charge is 0.497 e. The Kier molecular flexibility index (Phi) is 5.51. The summed E-state index contributed by atoms with van der Waals surface area (Å²) in [5.41, 5.74) is 0.437. The first-order chi connectivity index (χ1) is 15.5. The number of carbonyl (C=O) groups excluding carboxylic acids is 4. The molecule has 7 nitrogen and oxygen atoms in total. The number of benzene rings is 1. The quantitative estimate of drug-likeness (QED) is 0.385. The molecular weight excluding hydrogens is 410 g/mol. The molecule has 0 unspecified atom stereocenters. The van der Waals surface area contributed by atoms with E-state index < -0.39 is 0 Å². The molecule has 3 aliphatic carbocycles. The molecule has 0 aromatic heterocycles. The maximum absolute atomic E-state index is 13.0. The van der Waals surface area contributed by atoms with Crippen molar-refractivity contribution in [3.8, 4) is 5.75 Å². The van der Waals surface area contributed by atoms with Gasteiger partial charge in [0.05, 0.1) is 24.9 Å². The van der Waals surface area contributed by atoms with Gasteiger partial charge in [-0.15, -0.1) is 0 Å². The number of likely N-dealkylation sites (tertiary alicyclic amines) is 1. The predicted octanol–water partition coefficient (Wildman–Crippen LogP) is 3.01. The second-order valence-corrected chi connectivity index (χ2v) is 9.70. The van der Waals surface area contributed by atoms with E-state index in [1.54, 1.807) is 29.2 Å². The van der Waals surface area contributed by atoms with E-state index in [9.17, 15) is 19.2 Å². The fourth-order valence-corrected chi connectivity index (χ4v) is 6.50.